The van der Waals surface area contributed by atoms with E-state index in [-0.39, 0.29) is 0 Å². The van der Waals surface area contributed by atoms with Crippen LogP contribution in [0.5, 0.6) is 0 Å². The maximum absolute atomic E-state index is 6.16. The van der Waals surface area contributed by atoms with Crippen LogP contribution in [0, 0.1) is 6.92 Å². The van der Waals surface area contributed by atoms with Gasteiger partial charge in [-0.1, -0.05) is 17.7 Å². The van der Waals surface area contributed by atoms with Gasteiger partial charge in [-0.25, -0.2) is 0 Å². The topological polar surface area (TPSA) is 18.8 Å². The highest BCUT2D eigenvalue weighted by Gasteiger charge is 2.17. The zero-order valence-corrected chi connectivity index (χ0v) is 12.0. The number of rotatable bonds is 4. The molecule has 0 saturated heterocycles. The third-order valence-electron chi connectivity index (χ3n) is 3.44. The SMILES string of the molecule is CCN1CCN=C1CN(C)c1cccc(Cl)c1C. The van der Waals surface area contributed by atoms with Crippen LogP contribution >= 0.6 is 11.6 Å². The Morgan fingerprint density at radius 1 is 1.44 bits per heavy atom. The predicted molar refractivity (Wildman–Crippen MR) is 79.0 cm³/mol. The normalized spacial score (nSPS) is 14.9. The summed E-state index contributed by atoms with van der Waals surface area (Å²) >= 11 is 6.16. The summed E-state index contributed by atoms with van der Waals surface area (Å²) in [5.74, 6) is 1.18. The number of aliphatic imine (C=N–C) groups is 1. The number of hydrogen-bond donors (Lipinski definition) is 0. The fraction of sp³-hybridized carbons (Fsp3) is 0.500. The Bertz CT molecular complexity index is 456. The van der Waals surface area contributed by atoms with E-state index in [0.29, 0.717) is 0 Å². The van der Waals surface area contributed by atoms with Crippen LogP contribution in [0.3, 0.4) is 0 Å². The first-order valence-electron chi connectivity index (χ1n) is 6.38. The number of nitrogens with zero attached hydrogens (tertiary/aromatic N) is 3. The van der Waals surface area contributed by atoms with Crippen LogP contribution in [-0.4, -0.2) is 44.0 Å². The Morgan fingerprint density at radius 2 is 2.22 bits per heavy atom. The van der Waals surface area contributed by atoms with Gasteiger partial charge < -0.3 is 9.80 Å². The molecule has 1 aliphatic rings. The molecule has 1 aromatic rings. The van der Waals surface area contributed by atoms with Gasteiger partial charge in [0, 0.05) is 30.8 Å². The van der Waals surface area contributed by atoms with E-state index >= 15 is 0 Å². The lowest BCUT2D eigenvalue weighted by Crippen LogP contribution is -2.36. The molecule has 1 heterocycles. The molecule has 2 rings (SSSR count). The van der Waals surface area contributed by atoms with E-state index in [0.717, 1.165) is 36.8 Å². The lowest BCUT2D eigenvalue weighted by Gasteiger charge is -2.26. The van der Waals surface area contributed by atoms with Gasteiger partial charge in [-0.15, -0.1) is 0 Å². The molecule has 0 spiro atoms. The minimum atomic E-state index is 0.819. The molecule has 1 aliphatic heterocycles. The van der Waals surface area contributed by atoms with Gasteiger partial charge in [0.15, 0.2) is 0 Å². The summed E-state index contributed by atoms with van der Waals surface area (Å²) in [5.41, 5.74) is 2.30. The quantitative estimate of drug-likeness (QED) is 0.834. The molecule has 0 amide bonds. The van der Waals surface area contributed by atoms with Crippen molar-refractivity contribution in [2.24, 2.45) is 4.99 Å². The van der Waals surface area contributed by atoms with Gasteiger partial charge in [0.2, 0.25) is 0 Å². The van der Waals surface area contributed by atoms with Crippen molar-refractivity contribution in [1.29, 1.82) is 0 Å². The van der Waals surface area contributed by atoms with E-state index in [1.807, 2.05) is 12.1 Å². The maximum Gasteiger partial charge on any atom is 0.119 e. The Balaban J connectivity index is 2.12. The Hall–Kier alpha value is -1.22. The van der Waals surface area contributed by atoms with E-state index in [9.17, 15) is 0 Å². The highest BCUT2D eigenvalue weighted by molar-refractivity contribution is 6.31. The van der Waals surface area contributed by atoms with Crippen LogP contribution in [0.2, 0.25) is 5.02 Å². The minimum Gasteiger partial charge on any atom is -0.367 e. The van der Waals surface area contributed by atoms with Crippen LogP contribution in [0.1, 0.15) is 12.5 Å². The molecule has 98 valence electrons. The first-order chi connectivity index (χ1) is 8.63. The molecule has 3 nitrogen and oxygen atoms in total. The van der Waals surface area contributed by atoms with E-state index in [1.165, 1.54) is 11.5 Å². The first-order valence-corrected chi connectivity index (χ1v) is 6.75. The van der Waals surface area contributed by atoms with Gasteiger partial charge in [0.25, 0.3) is 0 Å². The van der Waals surface area contributed by atoms with Crippen molar-refractivity contribution in [2.75, 3.05) is 38.1 Å². The molecule has 0 saturated carbocycles. The number of anilines is 1. The molecule has 1 aromatic carbocycles. The van der Waals surface area contributed by atoms with E-state index in [2.05, 4.69) is 41.8 Å². The van der Waals surface area contributed by atoms with Crippen LogP contribution in [0.25, 0.3) is 0 Å². The molecular weight excluding hydrogens is 246 g/mol. The second-order valence-corrected chi connectivity index (χ2v) is 5.02. The number of hydrogen-bond acceptors (Lipinski definition) is 3. The zero-order valence-electron chi connectivity index (χ0n) is 11.3. The van der Waals surface area contributed by atoms with Gasteiger partial charge in [0.1, 0.15) is 5.84 Å². The van der Waals surface area contributed by atoms with Crippen molar-refractivity contribution in [1.82, 2.24) is 4.90 Å². The summed E-state index contributed by atoms with van der Waals surface area (Å²) in [7, 11) is 2.09. The molecule has 0 aromatic heterocycles. The number of benzene rings is 1. The summed E-state index contributed by atoms with van der Waals surface area (Å²) in [6.07, 6.45) is 0. The van der Waals surface area contributed by atoms with Gasteiger partial charge in [-0.2, -0.15) is 0 Å². The highest BCUT2D eigenvalue weighted by Crippen LogP contribution is 2.25. The van der Waals surface area contributed by atoms with Crippen molar-refractivity contribution in [3.63, 3.8) is 0 Å². The van der Waals surface area contributed by atoms with Gasteiger partial charge in [0.05, 0.1) is 13.1 Å². The molecule has 0 fully saturated rings. The molecule has 0 unspecified atom stereocenters. The molecule has 4 heteroatoms. The Kier molecular flexibility index (Phi) is 4.12. The predicted octanol–water partition coefficient (Wildman–Crippen LogP) is 2.82. The molecule has 0 aliphatic carbocycles. The Morgan fingerprint density at radius 3 is 2.94 bits per heavy atom. The maximum atomic E-state index is 6.16. The average Bonchev–Trinajstić information content (AvgIpc) is 2.79. The summed E-state index contributed by atoms with van der Waals surface area (Å²) in [6.45, 7) is 8.07. The summed E-state index contributed by atoms with van der Waals surface area (Å²) in [5, 5.41) is 0.819. The van der Waals surface area contributed by atoms with Crippen molar-refractivity contribution >= 4 is 23.1 Å². The van der Waals surface area contributed by atoms with Gasteiger partial charge in [-0.05, 0) is 31.5 Å². The van der Waals surface area contributed by atoms with Crippen LogP contribution in [0.15, 0.2) is 23.2 Å². The number of halogens is 1. The van der Waals surface area contributed by atoms with Crippen LogP contribution in [0.4, 0.5) is 5.69 Å². The van der Waals surface area contributed by atoms with Crippen molar-refractivity contribution in [2.45, 2.75) is 13.8 Å². The molecule has 0 radical (unpaired) electrons. The highest BCUT2D eigenvalue weighted by atomic mass is 35.5. The number of likely N-dealkylation sites (N-methyl/N-ethyl adjacent to an activating group) is 2. The zero-order chi connectivity index (χ0) is 13.1. The van der Waals surface area contributed by atoms with Crippen molar-refractivity contribution < 1.29 is 0 Å². The van der Waals surface area contributed by atoms with Crippen molar-refractivity contribution in [3.05, 3.63) is 28.8 Å². The minimum absolute atomic E-state index is 0.819. The fourth-order valence-corrected chi connectivity index (χ4v) is 2.50. The van der Waals surface area contributed by atoms with E-state index in [1.54, 1.807) is 0 Å². The summed E-state index contributed by atoms with van der Waals surface area (Å²) in [4.78, 5) is 9.12. The fourth-order valence-electron chi connectivity index (χ4n) is 2.33. The molecule has 0 N–H and O–H groups in total. The molecule has 0 atom stereocenters. The van der Waals surface area contributed by atoms with E-state index < -0.39 is 0 Å². The van der Waals surface area contributed by atoms with E-state index in [4.69, 9.17) is 11.6 Å². The third kappa shape index (κ3) is 2.61. The standard InChI is InChI=1S/C14H20ClN3/c1-4-18-9-8-16-14(18)10-17(3)13-7-5-6-12(15)11(13)2/h5-7H,4,8-10H2,1-3H3. The average molecular weight is 266 g/mol. The second kappa shape index (κ2) is 5.61. The monoisotopic (exact) mass is 265 g/mol. The largest absolute Gasteiger partial charge is 0.367 e. The second-order valence-electron chi connectivity index (χ2n) is 4.62. The third-order valence-corrected chi connectivity index (χ3v) is 3.85. The molecule has 18 heavy (non-hydrogen) atoms. The molecule has 0 bridgehead atoms. The van der Waals surface area contributed by atoms with Gasteiger partial charge >= 0.3 is 0 Å². The van der Waals surface area contributed by atoms with Gasteiger partial charge in [-0.3, -0.25) is 4.99 Å². The van der Waals surface area contributed by atoms with Crippen LogP contribution in [-0.2, 0) is 0 Å². The lowest BCUT2D eigenvalue weighted by molar-refractivity contribution is 0.477. The number of amidine groups is 1. The van der Waals surface area contributed by atoms with Crippen molar-refractivity contribution in [3.8, 4) is 0 Å². The first kappa shape index (κ1) is 13.2. The summed E-state index contributed by atoms with van der Waals surface area (Å²) < 4.78 is 0. The smallest absolute Gasteiger partial charge is 0.119 e. The summed E-state index contributed by atoms with van der Waals surface area (Å²) in [6, 6.07) is 6.03. The molecular formula is C14H20ClN3. The lowest BCUT2D eigenvalue weighted by atomic mass is 10.2. The van der Waals surface area contributed by atoms with Crippen LogP contribution < -0.4 is 4.90 Å². The Labute approximate surface area is 114 Å².